The second-order valence-corrected chi connectivity index (χ2v) is 8.87. The van der Waals surface area contributed by atoms with Crippen molar-refractivity contribution in [3.63, 3.8) is 0 Å². The molecule has 27 heavy (non-hydrogen) atoms. The molecule has 0 heterocycles. The van der Waals surface area contributed by atoms with Gasteiger partial charge in [-0.3, -0.25) is 0 Å². The van der Waals surface area contributed by atoms with Crippen molar-refractivity contribution in [2.45, 2.75) is 50.8 Å². The summed E-state index contributed by atoms with van der Waals surface area (Å²) in [5, 5.41) is 0. The summed E-state index contributed by atoms with van der Waals surface area (Å²) in [6, 6.07) is 12.5. The Labute approximate surface area is 161 Å². The lowest BCUT2D eigenvalue weighted by molar-refractivity contribution is 0.0499. The van der Waals surface area contributed by atoms with Crippen LogP contribution in [0.15, 0.2) is 53.4 Å². The van der Waals surface area contributed by atoms with E-state index in [2.05, 4.69) is 20.8 Å². The second kappa shape index (κ2) is 8.57. The highest BCUT2D eigenvalue weighted by Crippen LogP contribution is 2.25. The van der Waals surface area contributed by atoms with Crippen molar-refractivity contribution >= 4 is 16.1 Å². The van der Waals surface area contributed by atoms with Gasteiger partial charge in [-0.1, -0.05) is 46.2 Å². The third-order valence-electron chi connectivity index (χ3n) is 4.04. The van der Waals surface area contributed by atoms with Crippen LogP contribution in [-0.2, 0) is 20.3 Å². The monoisotopic (exact) mass is 390 g/mol. The van der Waals surface area contributed by atoms with E-state index in [1.54, 1.807) is 12.1 Å². The molecule has 0 atom stereocenters. The highest BCUT2D eigenvalue weighted by molar-refractivity contribution is 7.87. The molecule has 0 spiro atoms. The minimum atomic E-state index is -3.94. The minimum absolute atomic E-state index is 0.0648. The molecule has 0 aliphatic rings. The van der Waals surface area contributed by atoms with Gasteiger partial charge in [0.25, 0.3) is 0 Å². The van der Waals surface area contributed by atoms with Crippen molar-refractivity contribution < 1.29 is 22.1 Å². The molecule has 0 aliphatic carbocycles. The summed E-state index contributed by atoms with van der Waals surface area (Å²) in [6.45, 7) is 8.55. The summed E-state index contributed by atoms with van der Waals surface area (Å²) < 4.78 is 35.2. The first-order valence-corrected chi connectivity index (χ1v) is 10.4. The number of carbonyl (C=O) groups is 1. The number of hydrogen-bond acceptors (Lipinski definition) is 5. The van der Waals surface area contributed by atoms with E-state index in [1.165, 1.54) is 36.4 Å². The maximum atomic E-state index is 12.4. The molecule has 146 valence electrons. The zero-order chi connectivity index (χ0) is 20.1. The van der Waals surface area contributed by atoms with E-state index in [9.17, 15) is 13.2 Å². The molecule has 0 N–H and O–H groups in total. The number of esters is 1. The first-order chi connectivity index (χ1) is 12.6. The van der Waals surface area contributed by atoms with Crippen LogP contribution in [0.1, 0.15) is 56.5 Å². The van der Waals surface area contributed by atoms with Crippen molar-refractivity contribution in [3.8, 4) is 5.75 Å². The van der Waals surface area contributed by atoms with Gasteiger partial charge in [-0.25, -0.2) is 4.79 Å². The number of ether oxygens (including phenoxy) is 1. The normalized spacial score (nSPS) is 11.9. The molecule has 0 radical (unpaired) electrons. The molecule has 5 nitrogen and oxygen atoms in total. The van der Waals surface area contributed by atoms with Gasteiger partial charge in [0, 0.05) is 0 Å². The number of hydrogen-bond donors (Lipinski definition) is 0. The van der Waals surface area contributed by atoms with Crippen molar-refractivity contribution in [2.75, 3.05) is 6.61 Å². The Hall–Kier alpha value is -2.34. The van der Waals surface area contributed by atoms with Crippen LogP contribution >= 0.6 is 0 Å². The van der Waals surface area contributed by atoms with E-state index in [0.717, 1.165) is 18.4 Å². The van der Waals surface area contributed by atoms with Crippen molar-refractivity contribution in [1.29, 1.82) is 0 Å². The first kappa shape index (κ1) is 21.0. The van der Waals surface area contributed by atoms with Crippen LogP contribution < -0.4 is 4.18 Å². The Bertz CT molecular complexity index is 860. The van der Waals surface area contributed by atoms with E-state index in [1.807, 2.05) is 6.92 Å². The molecule has 2 rings (SSSR count). The van der Waals surface area contributed by atoms with Gasteiger partial charge in [0.15, 0.2) is 0 Å². The molecule has 0 fully saturated rings. The fraction of sp³-hybridized carbons (Fsp3) is 0.381. The summed E-state index contributed by atoms with van der Waals surface area (Å²) in [4.78, 5) is 12.0. The topological polar surface area (TPSA) is 69.7 Å². The molecule has 2 aromatic carbocycles. The summed E-state index contributed by atoms with van der Waals surface area (Å²) in [7, 11) is -3.94. The van der Waals surface area contributed by atoms with Crippen molar-refractivity contribution in [2.24, 2.45) is 0 Å². The summed E-state index contributed by atoms with van der Waals surface area (Å²) in [6.07, 6.45) is 1.74. The van der Waals surface area contributed by atoms with Gasteiger partial charge < -0.3 is 8.92 Å². The highest BCUT2D eigenvalue weighted by atomic mass is 32.2. The highest BCUT2D eigenvalue weighted by Gasteiger charge is 2.19. The molecule has 0 aromatic heterocycles. The van der Waals surface area contributed by atoms with Crippen molar-refractivity contribution in [3.05, 3.63) is 59.7 Å². The summed E-state index contributed by atoms with van der Waals surface area (Å²) in [5.41, 5.74) is 1.32. The molecular weight excluding hydrogens is 364 g/mol. The van der Waals surface area contributed by atoms with E-state index < -0.39 is 16.1 Å². The number of rotatable bonds is 7. The molecular formula is C21H26O5S. The van der Waals surface area contributed by atoms with Crippen LogP contribution in [-0.4, -0.2) is 21.0 Å². The van der Waals surface area contributed by atoms with E-state index >= 15 is 0 Å². The van der Waals surface area contributed by atoms with Crippen LogP contribution in [0.25, 0.3) is 0 Å². The zero-order valence-corrected chi connectivity index (χ0v) is 17.0. The summed E-state index contributed by atoms with van der Waals surface area (Å²) >= 11 is 0. The molecule has 6 heteroatoms. The average molecular weight is 391 g/mol. The third-order valence-corrected chi connectivity index (χ3v) is 5.30. The van der Waals surface area contributed by atoms with Crippen LogP contribution in [0.3, 0.4) is 0 Å². The first-order valence-electron chi connectivity index (χ1n) is 8.96. The molecule has 0 aliphatic heterocycles. The SMILES string of the molecule is CCCCOC(=O)c1ccc(OS(=O)(=O)c2ccc(C(C)(C)C)cc2)cc1. The number of carbonyl (C=O) groups excluding carboxylic acids is 1. The molecule has 0 amide bonds. The fourth-order valence-electron chi connectivity index (χ4n) is 2.34. The standard InChI is InChI=1S/C21H26O5S/c1-5-6-15-25-20(22)16-7-11-18(12-8-16)26-27(23,24)19-13-9-17(10-14-19)21(2,3)4/h7-14H,5-6,15H2,1-4H3. The second-order valence-electron chi connectivity index (χ2n) is 7.33. The van der Waals surface area contributed by atoms with Gasteiger partial charge >= 0.3 is 16.1 Å². The Morgan fingerprint density at radius 2 is 1.56 bits per heavy atom. The third kappa shape index (κ3) is 5.82. The van der Waals surface area contributed by atoms with Gasteiger partial charge in [0.1, 0.15) is 10.6 Å². The lowest BCUT2D eigenvalue weighted by Crippen LogP contribution is -2.13. The maximum absolute atomic E-state index is 12.4. The average Bonchev–Trinajstić information content (AvgIpc) is 2.61. The number of unbranched alkanes of at least 4 members (excludes halogenated alkanes) is 1. The van der Waals surface area contributed by atoms with Gasteiger partial charge in [0.05, 0.1) is 12.2 Å². The van der Waals surface area contributed by atoms with Gasteiger partial charge in [-0.15, -0.1) is 0 Å². The Morgan fingerprint density at radius 1 is 0.963 bits per heavy atom. The Balaban J connectivity index is 2.08. The summed E-state index contributed by atoms with van der Waals surface area (Å²) in [5.74, 6) is -0.296. The van der Waals surface area contributed by atoms with Crippen LogP contribution in [0.4, 0.5) is 0 Å². The van der Waals surface area contributed by atoms with Gasteiger partial charge in [-0.2, -0.15) is 8.42 Å². The van der Waals surface area contributed by atoms with E-state index in [-0.39, 0.29) is 16.1 Å². The van der Waals surface area contributed by atoms with E-state index in [4.69, 9.17) is 8.92 Å². The predicted molar refractivity (Wildman–Crippen MR) is 105 cm³/mol. The van der Waals surface area contributed by atoms with E-state index in [0.29, 0.717) is 12.2 Å². The molecule has 0 unspecified atom stereocenters. The minimum Gasteiger partial charge on any atom is -0.462 e. The van der Waals surface area contributed by atoms with Crippen molar-refractivity contribution in [1.82, 2.24) is 0 Å². The maximum Gasteiger partial charge on any atom is 0.339 e. The predicted octanol–water partition coefficient (Wildman–Crippen LogP) is 4.71. The van der Waals surface area contributed by atoms with Crippen LogP contribution in [0, 0.1) is 0 Å². The van der Waals surface area contributed by atoms with Gasteiger partial charge in [0.2, 0.25) is 0 Å². The van der Waals surface area contributed by atoms with Gasteiger partial charge in [-0.05, 0) is 53.8 Å². The molecule has 0 saturated heterocycles. The van der Waals surface area contributed by atoms with Crippen LogP contribution in [0.5, 0.6) is 5.75 Å². The lowest BCUT2D eigenvalue weighted by atomic mass is 9.87. The quantitative estimate of drug-likeness (QED) is 0.389. The lowest BCUT2D eigenvalue weighted by Gasteiger charge is -2.19. The largest absolute Gasteiger partial charge is 0.462 e. The Morgan fingerprint density at radius 3 is 2.07 bits per heavy atom. The zero-order valence-electron chi connectivity index (χ0n) is 16.2. The number of benzene rings is 2. The molecule has 0 saturated carbocycles. The Kier molecular flexibility index (Phi) is 6.65. The smallest absolute Gasteiger partial charge is 0.339 e. The fourth-order valence-corrected chi connectivity index (χ4v) is 3.27. The molecule has 2 aromatic rings. The van der Waals surface area contributed by atoms with Crippen LogP contribution in [0.2, 0.25) is 0 Å². The molecule has 0 bridgehead atoms.